The van der Waals surface area contributed by atoms with Gasteiger partial charge >= 0.3 is 6.09 Å². The first-order valence-electron chi connectivity index (χ1n) is 16.4. The average molecular weight is 638 g/mol. The molecule has 4 amide bonds. The molecule has 0 aromatic heterocycles. The zero-order valence-electron chi connectivity index (χ0n) is 27.4. The summed E-state index contributed by atoms with van der Waals surface area (Å²) < 4.78 is 21.0. The lowest BCUT2D eigenvalue weighted by atomic mass is 9.79. The Hall–Kier alpha value is -3.99. The molecule has 10 nitrogen and oxygen atoms in total. The summed E-state index contributed by atoms with van der Waals surface area (Å²) in [6.07, 6.45) is 2.87. The summed E-state index contributed by atoms with van der Waals surface area (Å²) in [5.74, 6) is -1.77. The molecule has 3 N–H and O–H groups in total. The standard InChI is InChI=1S/C35H48FN5O5/c1-5-30(42)38-31(34(44)41-19-17-40(4)18-20-41)24(3)27-15-16-29(28(36)21-27)37-33(43)32(26-13-11-23(2)12-14-26)39-35(45)46-22-25-9-7-6-8-10-25/h6-10,15-16,21,23-24,26,31-32H,5,11-14,17-20,22H2,1-4H3,(H,37,43)(H,38,42)(H,39,45)/t23-,24-,26-,31+,32-/m0/s1. The topological polar surface area (TPSA) is 120 Å². The maximum atomic E-state index is 15.6. The summed E-state index contributed by atoms with van der Waals surface area (Å²) in [6.45, 7) is 8.30. The molecule has 2 fully saturated rings. The molecule has 1 aliphatic carbocycles. The van der Waals surface area contributed by atoms with Crippen molar-refractivity contribution in [3.05, 3.63) is 65.5 Å². The number of halogens is 1. The van der Waals surface area contributed by atoms with Crippen LogP contribution in [0.2, 0.25) is 0 Å². The van der Waals surface area contributed by atoms with Gasteiger partial charge in [-0.15, -0.1) is 0 Å². The van der Waals surface area contributed by atoms with Crippen molar-refractivity contribution in [3.63, 3.8) is 0 Å². The van der Waals surface area contributed by atoms with Gasteiger partial charge in [-0.1, -0.05) is 70.0 Å². The monoisotopic (exact) mass is 637 g/mol. The van der Waals surface area contributed by atoms with Crippen molar-refractivity contribution in [1.82, 2.24) is 20.4 Å². The number of hydrogen-bond donors (Lipinski definition) is 3. The van der Waals surface area contributed by atoms with E-state index in [1.165, 1.54) is 12.1 Å². The number of likely N-dealkylation sites (N-methyl/N-ethyl adjacent to an activating group) is 1. The Bertz CT molecular complexity index is 1340. The molecule has 2 aromatic rings. The third-order valence-corrected chi connectivity index (χ3v) is 9.30. The van der Waals surface area contributed by atoms with Gasteiger partial charge in [-0.3, -0.25) is 14.4 Å². The van der Waals surface area contributed by atoms with Gasteiger partial charge in [-0.05, 0) is 55.0 Å². The molecule has 250 valence electrons. The van der Waals surface area contributed by atoms with E-state index >= 15 is 4.39 Å². The number of carbonyl (C=O) groups is 4. The van der Waals surface area contributed by atoms with Gasteiger partial charge in [0.15, 0.2) is 0 Å². The van der Waals surface area contributed by atoms with E-state index in [4.69, 9.17) is 4.74 Å². The zero-order valence-corrected chi connectivity index (χ0v) is 27.4. The van der Waals surface area contributed by atoms with E-state index in [2.05, 4.69) is 27.8 Å². The minimum Gasteiger partial charge on any atom is -0.445 e. The summed E-state index contributed by atoms with van der Waals surface area (Å²) in [4.78, 5) is 56.1. The van der Waals surface area contributed by atoms with E-state index in [0.717, 1.165) is 44.3 Å². The Morgan fingerprint density at radius 2 is 1.63 bits per heavy atom. The summed E-state index contributed by atoms with van der Waals surface area (Å²) in [5, 5.41) is 8.27. The van der Waals surface area contributed by atoms with Gasteiger partial charge in [0, 0.05) is 38.5 Å². The molecule has 0 unspecified atom stereocenters. The number of benzene rings is 2. The molecule has 0 bridgehead atoms. The smallest absolute Gasteiger partial charge is 0.408 e. The van der Waals surface area contributed by atoms with Crippen molar-refractivity contribution >= 4 is 29.5 Å². The fraction of sp³-hybridized carbons (Fsp3) is 0.543. The second kappa shape index (κ2) is 16.5. The first-order chi connectivity index (χ1) is 22.0. The Labute approximate surface area is 271 Å². The predicted molar refractivity (Wildman–Crippen MR) is 174 cm³/mol. The minimum absolute atomic E-state index is 0.0332. The summed E-state index contributed by atoms with van der Waals surface area (Å²) in [6, 6.07) is 11.9. The van der Waals surface area contributed by atoms with Gasteiger partial charge in [0.05, 0.1) is 5.69 Å². The number of amides is 4. The number of ether oxygens (including phenoxy) is 1. The lowest BCUT2D eigenvalue weighted by Gasteiger charge is -2.36. The van der Waals surface area contributed by atoms with Crippen LogP contribution in [0, 0.1) is 17.7 Å². The van der Waals surface area contributed by atoms with Gasteiger partial charge in [0.1, 0.15) is 24.5 Å². The molecule has 46 heavy (non-hydrogen) atoms. The lowest BCUT2D eigenvalue weighted by Crippen LogP contribution is -2.55. The number of alkyl carbamates (subject to hydrolysis) is 1. The number of nitrogens with zero attached hydrogens (tertiary/aromatic N) is 2. The Morgan fingerprint density at radius 3 is 2.26 bits per heavy atom. The number of hydrogen-bond acceptors (Lipinski definition) is 6. The van der Waals surface area contributed by atoms with Crippen LogP contribution in [0.1, 0.15) is 69.9 Å². The molecule has 2 aliphatic rings. The van der Waals surface area contributed by atoms with E-state index in [1.54, 1.807) is 24.8 Å². The number of carbonyl (C=O) groups excluding carboxylic acids is 4. The van der Waals surface area contributed by atoms with Crippen LogP contribution >= 0.6 is 0 Å². The van der Waals surface area contributed by atoms with Crippen LogP contribution < -0.4 is 16.0 Å². The van der Waals surface area contributed by atoms with E-state index in [9.17, 15) is 19.2 Å². The zero-order chi connectivity index (χ0) is 33.2. The first kappa shape index (κ1) is 34.9. The molecular formula is C35H48FN5O5. The van der Waals surface area contributed by atoms with Crippen LogP contribution in [-0.2, 0) is 25.7 Å². The Kier molecular flexibility index (Phi) is 12.5. The molecule has 1 aliphatic heterocycles. The van der Waals surface area contributed by atoms with E-state index < -0.39 is 35.8 Å². The van der Waals surface area contributed by atoms with E-state index in [0.29, 0.717) is 24.6 Å². The van der Waals surface area contributed by atoms with Gasteiger partial charge in [0.25, 0.3) is 0 Å². The van der Waals surface area contributed by atoms with Crippen LogP contribution in [0.4, 0.5) is 14.9 Å². The fourth-order valence-corrected chi connectivity index (χ4v) is 6.13. The predicted octanol–water partition coefficient (Wildman–Crippen LogP) is 4.66. The van der Waals surface area contributed by atoms with Crippen LogP contribution in [0.5, 0.6) is 0 Å². The van der Waals surface area contributed by atoms with Crippen molar-refractivity contribution in [2.75, 3.05) is 38.5 Å². The molecule has 0 radical (unpaired) electrons. The SMILES string of the molecule is CCC(=O)N[C@@H](C(=O)N1CCN(C)CC1)[C@@H](C)c1ccc(NC(=O)[C@@H](NC(=O)OCc2ccccc2)[C@H]2CC[C@H](C)CC2)c(F)c1. The third kappa shape index (κ3) is 9.51. The van der Waals surface area contributed by atoms with Crippen molar-refractivity contribution in [1.29, 1.82) is 0 Å². The fourth-order valence-electron chi connectivity index (χ4n) is 6.13. The van der Waals surface area contributed by atoms with Crippen LogP contribution in [0.3, 0.4) is 0 Å². The van der Waals surface area contributed by atoms with Crippen molar-refractivity contribution in [2.45, 2.75) is 77.5 Å². The highest BCUT2D eigenvalue weighted by Crippen LogP contribution is 2.32. The highest BCUT2D eigenvalue weighted by atomic mass is 19.1. The number of anilines is 1. The lowest BCUT2D eigenvalue weighted by molar-refractivity contribution is -0.138. The highest BCUT2D eigenvalue weighted by Gasteiger charge is 2.35. The van der Waals surface area contributed by atoms with E-state index in [1.807, 2.05) is 37.4 Å². The summed E-state index contributed by atoms with van der Waals surface area (Å²) >= 11 is 0. The average Bonchev–Trinajstić information content (AvgIpc) is 3.06. The van der Waals surface area contributed by atoms with Gasteiger partial charge in [0.2, 0.25) is 17.7 Å². The maximum Gasteiger partial charge on any atom is 0.408 e. The molecule has 1 heterocycles. The second-order valence-corrected chi connectivity index (χ2v) is 12.7. The van der Waals surface area contributed by atoms with Crippen LogP contribution in [0.25, 0.3) is 0 Å². The Balaban J connectivity index is 1.46. The first-order valence-corrected chi connectivity index (χ1v) is 16.4. The van der Waals surface area contributed by atoms with Gasteiger partial charge in [-0.2, -0.15) is 0 Å². The minimum atomic E-state index is -0.899. The molecule has 0 spiro atoms. The quantitative estimate of drug-likeness (QED) is 0.330. The van der Waals surface area contributed by atoms with Crippen molar-refractivity contribution in [3.8, 4) is 0 Å². The van der Waals surface area contributed by atoms with Crippen molar-refractivity contribution in [2.24, 2.45) is 11.8 Å². The largest absolute Gasteiger partial charge is 0.445 e. The summed E-state index contributed by atoms with van der Waals surface area (Å²) in [7, 11) is 2.00. The Morgan fingerprint density at radius 1 is 0.957 bits per heavy atom. The molecule has 1 saturated heterocycles. The molecule has 3 atom stereocenters. The molecule has 1 saturated carbocycles. The second-order valence-electron chi connectivity index (χ2n) is 12.7. The molecule has 11 heteroatoms. The van der Waals surface area contributed by atoms with Gasteiger partial charge < -0.3 is 30.5 Å². The molecule has 4 rings (SSSR count). The molecule has 2 aromatic carbocycles. The number of piperazine rings is 1. The highest BCUT2D eigenvalue weighted by molar-refractivity contribution is 5.97. The van der Waals surface area contributed by atoms with Crippen LogP contribution in [-0.4, -0.2) is 78.9 Å². The molecular weight excluding hydrogens is 589 g/mol. The van der Waals surface area contributed by atoms with Crippen LogP contribution in [0.15, 0.2) is 48.5 Å². The summed E-state index contributed by atoms with van der Waals surface area (Å²) in [5.41, 5.74) is 1.30. The number of nitrogens with one attached hydrogen (secondary N) is 3. The normalized spacial score (nSPS) is 20.6. The van der Waals surface area contributed by atoms with Gasteiger partial charge in [-0.25, -0.2) is 9.18 Å². The maximum absolute atomic E-state index is 15.6. The van der Waals surface area contributed by atoms with Crippen molar-refractivity contribution < 1.29 is 28.3 Å². The third-order valence-electron chi connectivity index (χ3n) is 9.30. The van der Waals surface area contributed by atoms with E-state index in [-0.39, 0.29) is 36.4 Å². The number of rotatable bonds is 11.